The van der Waals surface area contributed by atoms with E-state index in [1.54, 1.807) is 0 Å². The molecule has 0 N–H and O–H groups in total. The Hall–Kier alpha value is -0.410. The fourth-order valence-electron chi connectivity index (χ4n) is 1.84. The predicted molar refractivity (Wildman–Crippen MR) is 54.0 cm³/mol. The van der Waals surface area contributed by atoms with Gasteiger partial charge in [-0.25, -0.2) is 0 Å². The third-order valence-corrected chi connectivity index (χ3v) is 2.41. The second-order valence-corrected chi connectivity index (χ2v) is 4.31. The standard InChI is InChI=1S/C11H20O3/c1-4-5-6-9-7-10(8-12)14-11(2,3)13-9/h8-10H,4-7H2,1-3H3. The molecule has 1 aliphatic heterocycles. The number of hydrogen-bond acceptors (Lipinski definition) is 3. The van der Waals surface area contributed by atoms with E-state index in [0.29, 0.717) is 6.42 Å². The van der Waals surface area contributed by atoms with Crippen molar-refractivity contribution in [2.45, 2.75) is 64.4 Å². The highest BCUT2D eigenvalue weighted by Gasteiger charge is 2.34. The van der Waals surface area contributed by atoms with Gasteiger partial charge in [0.1, 0.15) is 12.4 Å². The largest absolute Gasteiger partial charge is 0.347 e. The summed E-state index contributed by atoms with van der Waals surface area (Å²) >= 11 is 0. The average Bonchev–Trinajstić information content (AvgIpc) is 2.12. The first kappa shape index (κ1) is 11.7. The maximum absolute atomic E-state index is 10.7. The number of carbonyl (C=O) groups is 1. The molecule has 14 heavy (non-hydrogen) atoms. The Bertz CT molecular complexity index is 189. The summed E-state index contributed by atoms with van der Waals surface area (Å²) in [7, 11) is 0. The summed E-state index contributed by atoms with van der Waals surface area (Å²) in [5.41, 5.74) is 0. The van der Waals surface area contributed by atoms with E-state index in [1.807, 2.05) is 13.8 Å². The van der Waals surface area contributed by atoms with E-state index >= 15 is 0 Å². The SMILES string of the molecule is CCCCC1CC(C=O)OC(C)(C)O1. The summed E-state index contributed by atoms with van der Waals surface area (Å²) < 4.78 is 11.2. The van der Waals surface area contributed by atoms with E-state index in [4.69, 9.17) is 9.47 Å². The molecule has 0 amide bonds. The van der Waals surface area contributed by atoms with Gasteiger partial charge in [-0.05, 0) is 20.3 Å². The molecule has 1 saturated heterocycles. The molecule has 0 saturated carbocycles. The molecule has 1 rings (SSSR count). The molecule has 0 aromatic rings. The van der Waals surface area contributed by atoms with Crippen molar-refractivity contribution in [3.63, 3.8) is 0 Å². The quantitative estimate of drug-likeness (QED) is 0.653. The van der Waals surface area contributed by atoms with Crippen molar-refractivity contribution < 1.29 is 14.3 Å². The first-order chi connectivity index (χ1) is 6.57. The van der Waals surface area contributed by atoms with Gasteiger partial charge in [0, 0.05) is 6.42 Å². The van der Waals surface area contributed by atoms with Crippen LogP contribution in [0.5, 0.6) is 0 Å². The third-order valence-electron chi connectivity index (χ3n) is 2.41. The number of aldehydes is 1. The van der Waals surface area contributed by atoms with Crippen LogP contribution in [0.15, 0.2) is 0 Å². The van der Waals surface area contributed by atoms with Gasteiger partial charge >= 0.3 is 0 Å². The summed E-state index contributed by atoms with van der Waals surface area (Å²) in [6.07, 6.45) is 4.79. The van der Waals surface area contributed by atoms with Gasteiger partial charge < -0.3 is 14.3 Å². The molecule has 2 atom stereocenters. The summed E-state index contributed by atoms with van der Waals surface area (Å²) in [4.78, 5) is 10.7. The van der Waals surface area contributed by atoms with E-state index in [9.17, 15) is 4.79 Å². The van der Waals surface area contributed by atoms with Crippen molar-refractivity contribution in [3.05, 3.63) is 0 Å². The van der Waals surface area contributed by atoms with Crippen LogP contribution >= 0.6 is 0 Å². The number of ether oxygens (including phenoxy) is 2. The lowest BCUT2D eigenvalue weighted by Crippen LogP contribution is -2.45. The summed E-state index contributed by atoms with van der Waals surface area (Å²) in [5, 5.41) is 0. The minimum Gasteiger partial charge on any atom is -0.347 e. The Labute approximate surface area is 85.8 Å². The molecule has 3 nitrogen and oxygen atoms in total. The Morgan fingerprint density at radius 1 is 1.43 bits per heavy atom. The fraction of sp³-hybridized carbons (Fsp3) is 0.909. The van der Waals surface area contributed by atoms with Gasteiger partial charge in [0.2, 0.25) is 0 Å². The first-order valence-corrected chi connectivity index (χ1v) is 5.38. The van der Waals surface area contributed by atoms with Crippen LogP contribution < -0.4 is 0 Å². The van der Waals surface area contributed by atoms with Gasteiger partial charge in [0.25, 0.3) is 0 Å². The number of unbranched alkanes of at least 4 members (excludes halogenated alkanes) is 1. The van der Waals surface area contributed by atoms with Gasteiger partial charge in [-0.15, -0.1) is 0 Å². The third kappa shape index (κ3) is 3.39. The second-order valence-electron chi connectivity index (χ2n) is 4.31. The van der Waals surface area contributed by atoms with Gasteiger partial charge in [0.05, 0.1) is 6.10 Å². The number of carbonyl (C=O) groups excluding carboxylic acids is 1. The lowest BCUT2D eigenvalue weighted by atomic mass is 10.0. The minimum atomic E-state index is -0.609. The zero-order valence-corrected chi connectivity index (χ0v) is 9.29. The van der Waals surface area contributed by atoms with Crippen molar-refractivity contribution in [1.82, 2.24) is 0 Å². The average molecular weight is 200 g/mol. The van der Waals surface area contributed by atoms with Crippen LogP contribution in [0.4, 0.5) is 0 Å². The molecule has 3 heteroatoms. The maximum Gasteiger partial charge on any atom is 0.164 e. The molecular weight excluding hydrogens is 180 g/mol. The van der Waals surface area contributed by atoms with E-state index in [-0.39, 0.29) is 12.2 Å². The molecule has 1 aliphatic rings. The number of hydrogen-bond donors (Lipinski definition) is 0. The minimum absolute atomic E-state index is 0.175. The summed E-state index contributed by atoms with van der Waals surface area (Å²) in [6, 6.07) is 0. The van der Waals surface area contributed by atoms with Gasteiger partial charge in [-0.2, -0.15) is 0 Å². The zero-order chi connectivity index (χ0) is 10.6. The molecule has 0 spiro atoms. The van der Waals surface area contributed by atoms with E-state index < -0.39 is 5.79 Å². The van der Waals surface area contributed by atoms with Crippen LogP contribution in [0.25, 0.3) is 0 Å². The lowest BCUT2D eigenvalue weighted by Gasteiger charge is -2.39. The fourth-order valence-corrected chi connectivity index (χ4v) is 1.84. The van der Waals surface area contributed by atoms with Crippen molar-refractivity contribution in [2.24, 2.45) is 0 Å². The van der Waals surface area contributed by atoms with Crippen molar-refractivity contribution in [2.75, 3.05) is 0 Å². The van der Waals surface area contributed by atoms with Crippen molar-refractivity contribution in [1.29, 1.82) is 0 Å². The lowest BCUT2D eigenvalue weighted by molar-refractivity contribution is -0.291. The molecular formula is C11H20O3. The van der Waals surface area contributed by atoms with Crippen LogP contribution in [0, 0.1) is 0 Å². The van der Waals surface area contributed by atoms with Crippen LogP contribution in [0.1, 0.15) is 46.5 Å². The maximum atomic E-state index is 10.7. The normalized spacial score (nSPS) is 31.4. The first-order valence-electron chi connectivity index (χ1n) is 5.38. The smallest absolute Gasteiger partial charge is 0.164 e. The molecule has 1 heterocycles. The van der Waals surface area contributed by atoms with E-state index in [2.05, 4.69) is 6.92 Å². The summed E-state index contributed by atoms with van der Waals surface area (Å²) in [6.45, 7) is 5.88. The van der Waals surface area contributed by atoms with Gasteiger partial charge in [-0.3, -0.25) is 0 Å². The zero-order valence-electron chi connectivity index (χ0n) is 9.29. The Morgan fingerprint density at radius 3 is 2.71 bits per heavy atom. The van der Waals surface area contributed by atoms with Crippen LogP contribution in [-0.4, -0.2) is 24.3 Å². The Morgan fingerprint density at radius 2 is 2.14 bits per heavy atom. The Balaban J connectivity index is 2.47. The molecule has 0 aromatic carbocycles. The predicted octanol–water partition coefficient (Wildman–Crippen LogP) is 2.29. The highest BCUT2D eigenvalue weighted by Crippen LogP contribution is 2.28. The van der Waals surface area contributed by atoms with Crippen LogP contribution in [-0.2, 0) is 14.3 Å². The van der Waals surface area contributed by atoms with E-state index in [1.165, 1.54) is 0 Å². The van der Waals surface area contributed by atoms with E-state index in [0.717, 1.165) is 25.5 Å². The molecule has 0 aliphatic carbocycles. The monoisotopic (exact) mass is 200 g/mol. The molecule has 0 radical (unpaired) electrons. The summed E-state index contributed by atoms with van der Waals surface area (Å²) in [5.74, 6) is -0.609. The molecule has 0 aromatic heterocycles. The molecule has 82 valence electrons. The molecule has 2 unspecified atom stereocenters. The Kier molecular flexibility index (Phi) is 4.08. The number of rotatable bonds is 4. The van der Waals surface area contributed by atoms with Crippen LogP contribution in [0.2, 0.25) is 0 Å². The second kappa shape index (κ2) is 4.89. The van der Waals surface area contributed by atoms with Crippen molar-refractivity contribution >= 4 is 6.29 Å². The topological polar surface area (TPSA) is 35.5 Å². The van der Waals surface area contributed by atoms with Crippen molar-refractivity contribution in [3.8, 4) is 0 Å². The molecule has 0 bridgehead atoms. The highest BCUT2D eigenvalue weighted by atomic mass is 16.7. The van der Waals surface area contributed by atoms with Crippen LogP contribution in [0.3, 0.4) is 0 Å². The van der Waals surface area contributed by atoms with Gasteiger partial charge in [0.15, 0.2) is 5.79 Å². The van der Waals surface area contributed by atoms with Gasteiger partial charge in [-0.1, -0.05) is 19.8 Å². The molecule has 1 fully saturated rings. The highest BCUT2D eigenvalue weighted by molar-refractivity contribution is 5.56.